The Morgan fingerprint density at radius 1 is 1.42 bits per heavy atom. The highest BCUT2D eigenvalue weighted by molar-refractivity contribution is 6.32. The van der Waals surface area contributed by atoms with E-state index in [4.69, 9.17) is 11.6 Å². The van der Waals surface area contributed by atoms with E-state index < -0.39 is 6.55 Å². The van der Waals surface area contributed by atoms with Crippen LogP contribution in [0.15, 0.2) is 35.7 Å². The van der Waals surface area contributed by atoms with Crippen molar-refractivity contribution in [3.05, 3.63) is 41.6 Å². The van der Waals surface area contributed by atoms with Crippen molar-refractivity contribution < 1.29 is 8.78 Å². The summed E-state index contributed by atoms with van der Waals surface area (Å²) < 4.78 is 26.5. The zero-order valence-corrected chi connectivity index (χ0v) is 15.0. The van der Waals surface area contributed by atoms with Crippen molar-refractivity contribution in [2.45, 2.75) is 25.6 Å². The van der Waals surface area contributed by atoms with Gasteiger partial charge in [0, 0.05) is 44.8 Å². The van der Waals surface area contributed by atoms with Gasteiger partial charge in [0.05, 0.1) is 11.6 Å². The van der Waals surface area contributed by atoms with Crippen LogP contribution in [0.5, 0.6) is 0 Å². The maximum Gasteiger partial charge on any atom is 0.319 e. The summed E-state index contributed by atoms with van der Waals surface area (Å²) in [5, 5.41) is 6.94. The lowest BCUT2D eigenvalue weighted by Crippen LogP contribution is -2.44. The van der Waals surface area contributed by atoms with Crippen molar-refractivity contribution >= 4 is 23.4 Å². The molecule has 0 aliphatic carbocycles. The van der Waals surface area contributed by atoms with Gasteiger partial charge in [-0.05, 0) is 18.6 Å². The van der Waals surface area contributed by atoms with Crippen molar-refractivity contribution in [1.29, 1.82) is 0 Å². The Balaban J connectivity index is 1.54. The fourth-order valence-corrected chi connectivity index (χ4v) is 3.13. The van der Waals surface area contributed by atoms with E-state index in [9.17, 15) is 8.78 Å². The molecule has 2 aromatic rings. The number of pyridine rings is 1. The first-order chi connectivity index (χ1) is 12.6. The number of halogens is 3. The van der Waals surface area contributed by atoms with E-state index in [2.05, 4.69) is 30.5 Å². The first kappa shape index (κ1) is 18.4. The van der Waals surface area contributed by atoms with Crippen LogP contribution in [-0.2, 0) is 6.54 Å². The van der Waals surface area contributed by atoms with Crippen LogP contribution in [0, 0.1) is 0 Å². The lowest BCUT2D eigenvalue weighted by atomic mass is 10.3. The number of alkyl halides is 2. The normalized spacial score (nSPS) is 17.8. The average Bonchev–Trinajstić information content (AvgIpc) is 3.28. The molecule has 0 spiro atoms. The Hall–Kier alpha value is -2.42. The van der Waals surface area contributed by atoms with E-state index in [0.717, 1.165) is 29.9 Å². The highest BCUT2D eigenvalue weighted by atomic mass is 35.5. The van der Waals surface area contributed by atoms with Gasteiger partial charge in [-0.25, -0.2) is 9.97 Å². The third-order valence-electron chi connectivity index (χ3n) is 4.16. The van der Waals surface area contributed by atoms with E-state index in [1.54, 1.807) is 19.3 Å². The standard InChI is InChI=1S/C16H20ClF2N7/c1-20-16(23-9-13-21-6-8-26(13)15(18)19)24-11-4-7-25(10-11)14-12(17)3-2-5-22-14/h2-3,5-6,8,11,15H,4,7,9-10H2,1H3,(H2,20,23,24). The zero-order valence-electron chi connectivity index (χ0n) is 14.2. The predicted octanol–water partition coefficient (Wildman–Crippen LogP) is 2.27. The van der Waals surface area contributed by atoms with Gasteiger partial charge in [-0.2, -0.15) is 8.78 Å². The SMILES string of the molecule is CN=C(NCc1nccn1C(F)F)NC1CCN(c2ncccc2Cl)C1. The smallest absolute Gasteiger partial charge is 0.319 e. The second kappa shape index (κ2) is 8.31. The molecule has 1 atom stereocenters. The molecule has 7 nitrogen and oxygen atoms in total. The molecule has 140 valence electrons. The van der Waals surface area contributed by atoms with Crippen LogP contribution in [0.4, 0.5) is 14.6 Å². The van der Waals surface area contributed by atoms with Gasteiger partial charge in [0.15, 0.2) is 5.96 Å². The molecule has 0 saturated carbocycles. The summed E-state index contributed by atoms with van der Waals surface area (Å²) in [6.45, 7) is -0.917. The van der Waals surface area contributed by atoms with Crippen LogP contribution >= 0.6 is 11.6 Å². The zero-order chi connectivity index (χ0) is 18.5. The number of hydrogen-bond acceptors (Lipinski definition) is 4. The van der Waals surface area contributed by atoms with E-state index >= 15 is 0 Å². The van der Waals surface area contributed by atoms with Crippen LogP contribution in [0.3, 0.4) is 0 Å². The monoisotopic (exact) mass is 383 g/mol. The summed E-state index contributed by atoms with van der Waals surface area (Å²) in [6.07, 6.45) is 5.21. The van der Waals surface area contributed by atoms with Gasteiger partial charge in [-0.15, -0.1) is 0 Å². The van der Waals surface area contributed by atoms with Crippen molar-refractivity contribution in [3.63, 3.8) is 0 Å². The molecule has 0 amide bonds. The van der Waals surface area contributed by atoms with Gasteiger partial charge in [0.2, 0.25) is 0 Å². The van der Waals surface area contributed by atoms with Crippen molar-refractivity contribution in [2.75, 3.05) is 25.0 Å². The minimum atomic E-state index is -2.62. The molecule has 1 aliphatic heterocycles. The Bertz CT molecular complexity index is 765. The molecule has 2 N–H and O–H groups in total. The Kier molecular flexibility index (Phi) is 5.87. The molecule has 2 aromatic heterocycles. The molecule has 0 radical (unpaired) electrons. The number of guanidine groups is 1. The second-order valence-corrected chi connectivity index (χ2v) is 6.25. The molecule has 3 heterocycles. The number of imidazole rings is 1. The number of hydrogen-bond donors (Lipinski definition) is 2. The van der Waals surface area contributed by atoms with Crippen LogP contribution < -0.4 is 15.5 Å². The Labute approximate surface area is 155 Å². The summed E-state index contributed by atoms with van der Waals surface area (Å²) in [6, 6.07) is 3.76. The van der Waals surface area contributed by atoms with Gasteiger partial charge in [0.25, 0.3) is 0 Å². The molecular formula is C16H20ClF2N7. The quantitative estimate of drug-likeness (QED) is 0.612. The van der Waals surface area contributed by atoms with E-state index in [-0.39, 0.29) is 18.4 Å². The first-order valence-corrected chi connectivity index (χ1v) is 8.58. The Morgan fingerprint density at radius 3 is 3.00 bits per heavy atom. The van der Waals surface area contributed by atoms with E-state index in [0.29, 0.717) is 11.0 Å². The summed E-state index contributed by atoms with van der Waals surface area (Å²) in [5.74, 6) is 1.55. The van der Waals surface area contributed by atoms with Crippen molar-refractivity contribution in [2.24, 2.45) is 4.99 Å². The average molecular weight is 384 g/mol. The van der Waals surface area contributed by atoms with Gasteiger partial charge >= 0.3 is 6.55 Å². The lowest BCUT2D eigenvalue weighted by Gasteiger charge is -2.20. The molecule has 0 bridgehead atoms. The largest absolute Gasteiger partial charge is 0.353 e. The number of anilines is 1. The van der Waals surface area contributed by atoms with Gasteiger partial charge < -0.3 is 15.5 Å². The highest BCUT2D eigenvalue weighted by Gasteiger charge is 2.25. The second-order valence-electron chi connectivity index (χ2n) is 5.84. The van der Waals surface area contributed by atoms with Gasteiger partial charge in [-0.1, -0.05) is 11.6 Å². The molecule has 0 aromatic carbocycles. The number of aliphatic imine (C=N–C) groups is 1. The van der Waals surface area contributed by atoms with Gasteiger partial charge in [0.1, 0.15) is 11.6 Å². The van der Waals surface area contributed by atoms with Crippen LogP contribution in [-0.4, -0.2) is 46.7 Å². The fourth-order valence-electron chi connectivity index (χ4n) is 2.89. The summed E-state index contributed by atoms with van der Waals surface area (Å²) >= 11 is 6.20. The third-order valence-corrected chi connectivity index (χ3v) is 4.46. The maximum atomic E-state index is 12.9. The molecule has 10 heteroatoms. The van der Waals surface area contributed by atoms with E-state index in [1.807, 2.05) is 6.07 Å². The topological polar surface area (TPSA) is 70.4 Å². The maximum absolute atomic E-state index is 12.9. The van der Waals surface area contributed by atoms with Crippen molar-refractivity contribution in [1.82, 2.24) is 25.2 Å². The minimum Gasteiger partial charge on any atom is -0.353 e. The molecule has 3 rings (SSSR count). The third kappa shape index (κ3) is 4.21. The number of aromatic nitrogens is 3. The van der Waals surface area contributed by atoms with E-state index in [1.165, 1.54) is 12.4 Å². The number of rotatable bonds is 5. The van der Waals surface area contributed by atoms with Gasteiger partial charge in [-0.3, -0.25) is 9.56 Å². The van der Waals surface area contributed by atoms with Crippen LogP contribution in [0.2, 0.25) is 5.02 Å². The first-order valence-electron chi connectivity index (χ1n) is 8.21. The molecule has 1 unspecified atom stereocenters. The molecule has 1 fully saturated rings. The highest BCUT2D eigenvalue weighted by Crippen LogP contribution is 2.25. The lowest BCUT2D eigenvalue weighted by molar-refractivity contribution is 0.0668. The predicted molar refractivity (Wildman–Crippen MR) is 96.7 cm³/mol. The number of nitrogens with zero attached hydrogens (tertiary/aromatic N) is 5. The fraction of sp³-hybridized carbons (Fsp3) is 0.438. The molecular weight excluding hydrogens is 364 g/mol. The van der Waals surface area contributed by atoms with Crippen LogP contribution in [0.25, 0.3) is 0 Å². The summed E-state index contributed by atoms with van der Waals surface area (Å²) in [7, 11) is 1.64. The Morgan fingerprint density at radius 2 is 2.27 bits per heavy atom. The molecule has 1 saturated heterocycles. The molecule has 1 aliphatic rings. The summed E-state index contributed by atoms with van der Waals surface area (Å²) in [4.78, 5) is 14.5. The molecule has 26 heavy (non-hydrogen) atoms. The van der Waals surface area contributed by atoms with Crippen LogP contribution in [0.1, 0.15) is 18.8 Å². The number of nitrogens with one attached hydrogen (secondary N) is 2. The summed E-state index contributed by atoms with van der Waals surface area (Å²) in [5.41, 5.74) is 0. The van der Waals surface area contributed by atoms with Crippen molar-refractivity contribution in [3.8, 4) is 0 Å². The minimum absolute atomic E-state index is 0.147.